The van der Waals surface area contributed by atoms with Crippen molar-refractivity contribution in [3.63, 3.8) is 0 Å². The number of hydrogen-bond donors (Lipinski definition) is 0. The monoisotopic (exact) mass is 918 g/mol. The van der Waals surface area contributed by atoms with Gasteiger partial charge in [0.1, 0.15) is 11.2 Å². The number of para-hydroxylation sites is 4. The molecule has 0 atom stereocenters. The topological polar surface area (TPSA) is 32.8 Å². The molecule has 1 aliphatic carbocycles. The maximum atomic E-state index is 6.68. The van der Waals surface area contributed by atoms with Crippen molar-refractivity contribution in [3.05, 3.63) is 255 Å². The fraction of sp³-hybridized carbons (Fsp3) is 0. The third-order valence-corrected chi connectivity index (χ3v) is 14.7. The number of fused-ring (bicyclic) bond motifs is 12. The molecule has 0 unspecified atom stereocenters. The number of nitrogens with zero attached hydrogens (tertiary/aromatic N) is 2. The highest BCUT2D eigenvalue weighted by molar-refractivity contribution is 6.15. The van der Waals surface area contributed by atoms with Crippen molar-refractivity contribution in [1.29, 1.82) is 0 Å². The van der Waals surface area contributed by atoms with E-state index in [0.717, 1.165) is 78.0 Å². The van der Waals surface area contributed by atoms with Gasteiger partial charge in [-0.05, 0) is 163 Å². The van der Waals surface area contributed by atoms with Gasteiger partial charge in [0.15, 0.2) is 11.2 Å². The lowest BCUT2D eigenvalue weighted by molar-refractivity contribution is 0.668. The highest BCUT2D eigenvalue weighted by Crippen LogP contribution is 2.52. The van der Waals surface area contributed by atoms with Gasteiger partial charge in [0.2, 0.25) is 0 Å². The molecule has 0 aliphatic heterocycles. The molecule has 14 aromatic rings. The number of rotatable bonds is 8. The summed E-state index contributed by atoms with van der Waals surface area (Å²) in [7, 11) is 0. The van der Waals surface area contributed by atoms with Crippen molar-refractivity contribution >= 4 is 99.5 Å². The van der Waals surface area contributed by atoms with Crippen LogP contribution >= 0.6 is 0 Å². The van der Waals surface area contributed by atoms with Gasteiger partial charge in [-0.25, -0.2) is 0 Å². The lowest BCUT2D eigenvalue weighted by Gasteiger charge is -2.28. The average Bonchev–Trinajstić information content (AvgIpc) is 4.03. The Labute approximate surface area is 415 Å². The zero-order valence-electron chi connectivity index (χ0n) is 39.0. The molecule has 0 N–H and O–H groups in total. The number of hydrogen-bond acceptors (Lipinski definition) is 4. The van der Waals surface area contributed by atoms with Crippen LogP contribution < -0.4 is 9.80 Å². The maximum absolute atomic E-state index is 6.68. The Balaban J connectivity index is 0.843. The van der Waals surface area contributed by atoms with Gasteiger partial charge in [-0.2, -0.15) is 0 Å². The third kappa shape index (κ3) is 6.40. The van der Waals surface area contributed by atoms with Crippen molar-refractivity contribution in [2.75, 3.05) is 9.80 Å². The van der Waals surface area contributed by atoms with E-state index in [1.165, 1.54) is 66.1 Å². The first-order valence-electron chi connectivity index (χ1n) is 24.6. The largest absolute Gasteiger partial charge is 0.454 e. The Kier molecular flexibility index (Phi) is 8.92. The molecule has 72 heavy (non-hydrogen) atoms. The molecule has 336 valence electrons. The molecule has 1 aliphatic rings. The van der Waals surface area contributed by atoms with Gasteiger partial charge in [-0.3, -0.25) is 0 Å². The van der Waals surface area contributed by atoms with E-state index in [9.17, 15) is 0 Å². The zero-order chi connectivity index (χ0) is 47.3. The SMILES string of the molecule is c1ccc(-c2ccc(N(c3ccc4cc5c(cc4c3)-c3cc4cc(N(c6ccc(-c7ccccc7)cc6)c6cccc7c6oc6ccccc67)ccc4cc3-5)c3cccc4c3oc3ccccc34)cc2)cc1. The van der Waals surface area contributed by atoms with Gasteiger partial charge in [0, 0.05) is 44.3 Å². The Bertz CT molecular complexity index is 4150. The van der Waals surface area contributed by atoms with Crippen molar-refractivity contribution in [2.45, 2.75) is 0 Å². The highest BCUT2D eigenvalue weighted by atomic mass is 16.3. The standard InChI is InChI=1S/C68H42N2O2/c1-3-13-43(14-4-1)45-25-31-51(32-26-45)69(63-21-11-19-57-55-17-7-9-23-65(55)71-67(57)63)53-35-29-47-39-59-60-40-48-30-36-54(38-50(48)42-62(60)61(59)41-49(47)37-53)70(52-33-27-46(28-34-52)44-15-5-2-6-16-44)64-22-12-20-58-56-18-8-10-24-66(56)72-68(58)64/h1-42H. The summed E-state index contributed by atoms with van der Waals surface area (Å²) in [4.78, 5) is 4.68. The molecule has 4 nitrogen and oxygen atoms in total. The lowest BCUT2D eigenvalue weighted by Crippen LogP contribution is -2.10. The molecule has 2 heterocycles. The summed E-state index contributed by atoms with van der Waals surface area (Å²) in [5.74, 6) is 0. The molecule has 15 rings (SSSR count). The van der Waals surface area contributed by atoms with Crippen LogP contribution in [0.25, 0.3) is 110 Å². The van der Waals surface area contributed by atoms with Gasteiger partial charge in [-0.1, -0.05) is 158 Å². The van der Waals surface area contributed by atoms with Crippen LogP contribution in [0.1, 0.15) is 0 Å². The molecule has 0 bridgehead atoms. The molecule has 0 saturated heterocycles. The summed E-state index contributed by atoms with van der Waals surface area (Å²) in [6.45, 7) is 0. The summed E-state index contributed by atoms with van der Waals surface area (Å²) < 4.78 is 13.4. The summed E-state index contributed by atoms with van der Waals surface area (Å²) in [5.41, 5.74) is 19.5. The van der Waals surface area contributed by atoms with Crippen LogP contribution in [0.3, 0.4) is 0 Å². The molecular formula is C68H42N2O2. The third-order valence-electron chi connectivity index (χ3n) is 14.7. The normalized spacial score (nSPS) is 11.9. The van der Waals surface area contributed by atoms with E-state index in [0.29, 0.717) is 0 Å². The molecule has 0 radical (unpaired) electrons. The van der Waals surface area contributed by atoms with Crippen LogP contribution in [0.15, 0.2) is 264 Å². The van der Waals surface area contributed by atoms with E-state index in [2.05, 4.69) is 252 Å². The predicted molar refractivity (Wildman–Crippen MR) is 301 cm³/mol. The fourth-order valence-electron chi connectivity index (χ4n) is 11.2. The summed E-state index contributed by atoms with van der Waals surface area (Å²) >= 11 is 0. The Morgan fingerprint density at radius 3 is 1.01 bits per heavy atom. The van der Waals surface area contributed by atoms with E-state index in [1.54, 1.807) is 0 Å². The van der Waals surface area contributed by atoms with Crippen LogP contribution in [-0.2, 0) is 0 Å². The van der Waals surface area contributed by atoms with Crippen molar-refractivity contribution in [1.82, 2.24) is 0 Å². The second-order valence-corrected chi connectivity index (χ2v) is 18.9. The highest BCUT2D eigenvalue weighted by Gasteiger charge is 2.26. The number of anilines is 6. The molecule has 2 aromatic heterocycles. The van der Waals surface area contributed by atoms with Crippen molar-refractivity contribution in [3.8, 4) is 44.5 Å². The molecule has 4 heteroatoms. The van der Waals surface area contributed by atoms with Crippen LogP contribution in [0.2, 0.25) is 0 Å². The predicted octanol–water partition coefficient (Wildman–Crippen LogP) is 19.7. The minimum atomic E-state index is 0.861. The Morgan fingerprint density at radius 1 is 0.236 bits per heavy atom. The molecule has 0 fully saturated rings. The van der Waals surface area contributed by atoms with Gasteiger partial charge < -0.3 is 18.6 Å². The van der Waals surface area contributed by atoms with E-state index in [1.807, 2.05) is 12.1 Å². The molecule has 0 amide bonds. The van der Waals surface area contributed by atoms with E-state index in [4.69, 9.17) is 8.83 Å². The van der Waals surface area contributed by atoms with E-state index >= 15 is 0 Å². The molecule has 0 saturated carbocycles. The van der Waals surface area contributed by atoms with Gasteiger partial charge in [0.05, 0.1) is 11.4 Å². The minimum absolute atomic E-state index is 0.861. The van der Waals surface area contributed by atoms with Crippen LogP contribution in [0.5, 0.6) is 0 Å². The van der Waals surface area contributed by atoms with E-state index in [-0.39, 0.29) is 0 Å². The van der Waals surface area contributed by atoms with Gasteiger partial charge in [-0.15, -0.1) is 0 Å². The number of benzene rings is 12. The number of furan rings is 2. The Morgan fingerprint density at radius 2 is 0.583 bits per heavy atom. The first-order valence-corrected chi connectivity index (χ1v) is 24.6. The van der Waals surface area contributed by atoms with Crippen molar-refractivity contribution < 1.29 is 8.83 Å². The summed E-state index contributed by atoms with van der Waals surface area (Å²) in [6, 6.07) is 91.6. The lowest BCUT2D eigenvalue weighted by atomic mass is 9.78. The van der Waals surface area contributed by atoms with Gasteiger partial charge in [0.25, 0.3) is 0 Å². The maximum Gasteiger partial charge on any atom is 0.159 e. The first kappa shape index (κ1) is 40.3. The molecule has 12 aromatic carbocycles. The fourth-order valence-corrected chi connectivity index (χ4v) is 11.2. The van der Waals surface area contributed by atoms with Crippen LogP contribution in [0.4, 0.5) is 34.1 Å². The minimum Gasteiger partial charge on any atom is -0.454 e. The van der Waals surface area contributed by atoms with Gasteiger partial charge >= 0.3 is 0 Å². The zero-order valence-corrected chi connectivity index (χ0v) is 39.0. The van der Waals surface area contributed by atoms with Crippen molar-refractivity contribution in [2.24, 2.45) is 0 Å². The summed E-state index contributed by atoms with van der Waals surface area (Å²) in [5, 5.41) is 9.17. The quantitative estimate of drug-likeness (QED) is 0.152. The second-order valence-electron chi connectivity index (χ2n) is 18.9. The smallest absolute Gasteiger partial charge is 0.159 e. The van der Waals surface area contributed by atoms with Crippen LogP contribution in [-0.4, -0.2) is 0 Å². The molecule has 0 spiro atoms. The molecular weight excluding hydrogens is 877 g/mol. The van der Waals surface area contributed by atoms with Crippen LogP contribution in [0, 0.1) is 0 Å². The first-order chi connectivity index (χ1) is 35.7. The second kappa shape index (κ2) is 16.0. The Hall–Kier alpha value is -9.64. The average molecular weight is 919 g/mol. The van der Waals surface area contributed by atoms with E-state index < -0.39 is 0 Å². The summed E-state index contributed by atoms with van der Waals surface area (Å²) in [6.07, 6.45) is 0.